The van der Waals surface area contributed by atoms with Crippen molar-refractivity contribution < 1.29 is 9.53 Å². The van der Waals surface area contributed by atoms with Crippen molar-refractivity contribution in [2.75, 3.05) is 20.2 Å². The minimum Gasteiger partial charge on any atom is -0.493 e. The van der Waals surface area contributed by atoms with Gasteiger partial charge >= 0.3 is 0 Å². The van der Waals surface area contributed by atoms with Gasteiger partial charge in [-0.2, -0.15) is 5.10 Å². The molecule has 0 fully saturated rings. The Morgan fingerprint density at radius 1 is 1.60 bits per heavy atom. The van der Waals surface area contributed by atoms with E-state index in [0.29, 0.717) is 24.5 Å². The average Bonchev–Trinajstić information content (AvgIpc) is 2.68. The number of nitrogens with one attached hydrogen (secondary N) is 1. The van der Waals surface area contributed by atoms with E-state index >= 15 is 0 Å². The SMILES string of the molecule is CCNCC(=O)c1c(OC)cnn1CC. The molecule has 5 nitrogen and oxygen atoms in total. The first kappa shape index (κ1) is 11.7. The highest BCUT2D eigenvalue weighted by Crippen LogP contribution is 2.17. The zero-order valence-corrected chi connectivity index (χ0v) is 9.41. The van der Waals surface area contributed by atoms with Crippen LogP contribution in [0.2, 0.25) is 0 Å². The number of aryl methyl sites for hydroxylation is 1. The fourth-order valence-corrected chi connectivity index (χ4v) is 1.36. The molecule has 0 saturated carbocycles. The molecule has 0 atom stereocenters. The van der Waals surface area contributed by atoms with Gasteiger partial charge < -0.3 is 10.1 Å². The van der Waals surface area contributed by atoms with E-state index in [-0.39, 0.29) is 5.78 Å². The predicted molar refractivity (Wildman–Crippen MR) is 57.3 cm³/mol. The number of hydrogen-bond donors (Lipinski definition) is 1. The standard InChI is InChI=1S/C10H17N3O2/c1-4-11-6-8(14)10-9(15-3)7-12-13(10)5-2/h7,11H,4-6H2,1-3H3. The Morgan fingerprint density at radius 3 is 2.87 bits per heavy atom. The van der Waals surface area contributed by atoms with Gasteiger partial charge in [0.15, 0.2) is 11.5 Å². The predicted octanol–water partition coefficient (Wildman–Crippen LogP) is 0.704. The number of likely N-dealkylation sites (N-methyl/N-ethyl adjacent to an activating group) is 1. The summed E-state index contributed by atoms with van der Waals surface area (Å²) in [5.41, 5.74) is 0.543. The first-order valence-corrected chi connectivity index (χ1v) is 5.08. The van der Waals surface area contributed by atoms with Gasteiger partial charge in [0.25, 0.3) is 0 Å². The molecule has 15 heavy (non-hydrogen) atoms. The van der Waals surface area contributed by atoms with Crippen molar-refractivity contribution in [1.82, 2.24) is 15.1 Å². The Hall–Kier alpha value is -1.36. The van der Waals surface area contributed by atoms with Crippen molar-refractivity contribution in [3.8, 4) is 5.75 Å². The van der Waals surface area contributed by atoms with Gasteiger partial charge in [0, 0.05) is 6.54 Å². The number of Topliss-reactive ketones (excluding diaryl/α,β-unsaturated/α-hetero) is 1. The third-order valence-corrected chi connectivity index (χ3v) is 2.13. The van der Waals surface area contributed by atoms with E-state index in [1.54, 1.807) is 18.0 Å². The summed E-state index contributed by atoms with van der Waals surface area (Å²) >= 11 is 0. The number of hydrogen-bond acceptors (Lipinski definition) is 4. The van der Waals surface area contributed by atoms with E-state index < -0.39 is 0 Å². The maximum absolute atomic E-state index is 11.8. The largest absolute Gasteiger partial charge is 0.493 e. The van der Waals surface area contributed by atoms with E-state index in [4.69, 9.17) is 4.74 Å². The maximum Gasteiger partial charge on any atom is 0.198 e. The number of ether oxygens (including phenoxy) is 1. The molecule has 0 amide bonds. The summed E-state index contributed by atoms with van der Waals surface area (Å²) in [5.74, 6) is 0.549. The summed E-state index contributed by atoms with van der Waals surface area (Å²) in [6.45, 7) is 5.65. The molecule has 0 aliphatic heterocycles. The summed E-state index contributed by atoms with van der Waals surface area (Å²) in [5, 5.41) is 7.07. The van der Waals surface area contributed by atoms with Gasteiger partial charge in [0.1, 0.15) is 5.69 Å². The summed E-state index contributed by atoms with van der Waals surface area (Å²) in [6.07, 6.45) is 1.57. The van der Waals surface area contributed by atoms with Crippen LogP contribution in [-0.2, 0) is 6.54 Å². The fraction of sp³-hybridized carbons (Fsp3) is 0.600. The number of carbonyl (C=O) groups excluding carboxylic acids is 1. The van der Waals surface area contributed by atoms with Crippen molar-refractivity contribution in [2.45, 2.75) is 20.4 Å². The van der Waals surface area contributed by atoms with Gasteiger partial charge in [-0.25, -0.2) is 0 Å². The molecule has 1 heterocycles. The van der Waals surface area contributed by atoms with E-state index in [2.05, 4.69) is 10.4 Å². The first-order valence-electron chi connectivity index (χ1n) is 5.08. The molecule has 0 unspecified atom stereocenters. The van der Waals surface area contributed by atoms with Crippen molar-refractivity contribution in [3.05, 3.63) is 11.9 Å². The van der Waals surface area contributed by atoms with Crippen LogP contribution in [0.5, 0.6) is 5.75 Å². The second-order valence-electron chi connectivity index (χ2n) is 3.08. The molecule has 5 heteroatoms. The van der Waals surface area contributed by atoms with Crippen LogP contribution in [0.1, 0.15) is 24.3 Å². The molecule has 84 valence electrons. The molecule has 0 aliphatic rings. The normalized spacial score (nSPS) is 10.3. The molecule has 0 aromatic carbocycles. The number of rotatable bonds is 6. The van der Waals surface area contributed by atoms with Crippen molar-refractivity contribution in [3.63, 3.8) is 0 Å². The lowest BCUT2D eigenvalue weighted by atomic mass is 10.2. The molecule has 0 saturated heterocycles. The summed E-state index contributed by atoms with van der Waals surface area (Å²) in [4.78, 5) is 11.8. The molecule has 1 aromatic heterocycles. The summed E-state index contributed by atoms with van der Waals surface area (Å²) in [6, 6.07) is 0. The van der Waals surface area contributed by atoms with Crippen molar-refractivity contribution >= 4 is 5.78 Å². The molecular weight excluding hydrogens is 194 g/mol. The second kappa shape index (κ2) is 5.50. The Bertz CT molecular complexity index is 312. The Morgan fingerprint density at radius 2 is 2.33 bits per heavy atom. The minimum atomic E-state index is 0.00745. The van der Waals surface area contributed by atoms with Crippen LogP contribution < -0.4 is 10.1 Å². The maximum atomic E-state index is 11.8. The molecule has 1 aromatic rings. The number of ketones is 1. The van der Waals surface area contributed by atoms with Crippen LogP contribution in [0.4, 0.5) is 0 Å². The Kier molecular flexibility index (Phi) is 4.30. The Balaban J connectivity index is 2.88. The lowest BCUT2D eigenvalue weighted by Gasteiger charge is -2.06. The number of carbonyl (C=O) groups is 1. The number of aromatic nitrogens is 2. The van der Waals surface area contributed by atoms with E-state index in [1.807, 2.05) is 13.8 Å². The molecule has 1 N–H and O–H groups in total. The highest BCUT2D eigenvalue weighted by atomic mass is 16.5. The highest BCUT2D eigenvalue weighted by molar-refractivity contribution is 5.98. The summed E-state index contributed by atoms with van der Waals surface area (Å²) < 4.78 is 6.75. The minimum absolute atomic E-state index is 0.00745. The van der Waals surface area contributed by atoms with E-state index in [1.165, 1.54) is 0 Å². The van der Waals surface area contributed by atoms with Crippen LogP contribution in [0.25, 0.3) is 0 Å². The van der Waals surface area contributed by atoms with Crippen LogP contribution in [0.3, 0.4) is 0 Å². The van der Waals surface area contributed by atoms with Crippen LogP contribution in [-0.4, -0.2) is 35.8 Å². The van der Waals surface area contributed by atoms with Gasteiger partial charge in [-0.15, -0.1) is 0 Å². The quantitative estimate of drug-likeness (QED) is 0.704. The smallest absolute Gasteiger partial charge is 0.198 e. The zero-order chi connectivity index (χ0) is 11.3. The van der Waals surface area contributed by atoms with Gasteiger partial charge in [-0.05, 0) is 13.5 Å². The van der Waals surface area contributed by atoms with E-state index in [9.17, 15) is 4.79 Å². The van der Waals surface area contributed by atoms with Crippen LogP contribution in [0, 0.1) is 0 Å². The Labute approximate surface area is 89.4 Å². The number of methoxy groups -OCH3 is 1. The van der Waals surface area contributed by atoms with Crippen molar-refractivity contribution in [2.24, 2.45) is 0 Å². The lowest BCUT2D eigenvalue weighted by Crippen LogP contribution is -2.25. The summed E-state index contributed by atoms with van der Waals surface area (Å²) in [7, 11) is 1.54. The molecule has 0 bridgehead atoms. The third-order valence-electron chi connectivity index (χ3n) is 2.13. The van der Waals surface area contributed by atoms with Gasteiger partial charge in [-0.3, -0.25) is 9.48 Å². The highest BCUT2D eigenvalue weighted by Gasteiger charge is 2.17. The number of nitrogens with zero attached hydrogens (tertiary/aromatic N) is 2. The van der Waals surface area contributed by atoms with Gasteiger partial charge in [-0.1, -0.05) is 6.92 Å². The lowest BCUT2D eigenvalue weighted by molar-refractivity contribution is 0.0978. The average molecular weight is 211 g/mol. The molecular formula is C10H17N3O2. The molecule has 0 aliphatic carbocycles. The molecule has 0 spiro atoms. The van der Waals surface area contributed by atoms with Gasteiger partial charge in [0.05, 0.1) is 19.9 Å². The molecule has 0 radical (unpaired) electrons. The third kappa shape index (κ3) is 2.56. The second-order valence-corrected chi connectivity index (χ2v) is 3.08. The topological polar surface area (TPSA) is 56.1 Å². The first-order chi connectivity index (χ1) is 7.24. The van der Waals surface area contributed by atoms with Crippen molar-refractivity contribution in [1.29, 1.82) is 0 Å². The van der Waals surface area contributed by atoms with Gasteiger partial charge in [0.2, 0.25) is 0 Å². The fourth-order valence-electron chi connectivity index (χ4n) is 1.36. The van der Waals surface area contributed by atoms with Crippen LogP contribution >= 0.6 is 0 Å². The monoisotopic (exact) mass is 211 g/mol. The van der Waals surface area contributed by atoms with E-state index in [0.717, 1.165) is 6.54 Å². The zero-order valence-electron chi connectivity index (χ0n) is 9.41. The van der Waals surface area contributed by atoms with Crippen LogP contribution in [0.15, 0.2) is 6.20 Å². The molecule has 1 rings (SSSR count).